The van der Waals surface area contributed by atoms with Crippen LogP contribution in [0.2, 0.25) is 0 Å². The Labute approximate surface area is 113 Å². The molecule has 0 saturated carbocycles. The monoisotopic (exact) mass is 266 g/mol. The van der Waals surface area contributed by atoms with Gasteiger partial charge in [-0.05, 0) is 27.7 Å². The molecule has 1 aromatic heterocycles. The topological polar surface area (TPSA) is 62.7 Å². The third-order valence-electron chi connectivity index (χ3n) is 3.67. The van der Waals surface area contributed by atoms with Crippen molar-refractivity contribution in [3.8, 4) is 11.8 Å². The van der Waals surface area contributed by atoms with Crippen molar-refractivity contribution in [3.05, 3.63) is 6.07 Å². The lowest BCUT2D eigenvalue weighted by molar-refractivity contribution is 0.00578. The standard InChI is InChI=1S/C12H19BN2O4/c1-11(2)12(3,4)19-13(18-11)8-7-9(16-5)14-15-10(8)17-6/h7H,1-6H3. The van der Waals surface area contributed by atoms with Crippen LogP contribution in [0.1, 0.15) is 27.7 Å². The van der Waals surface area contributed by atoms with Gasteiger partial charge in [0.15, 0.2) is 0 Å². The highest BCUT2D eigenvalue weighted by Gasteiger charge is 2.52. The van der Waals surface area contributed by atoms with Gasteiger partial charge in [0, 0.05) is 6.07 Å². The maximum Gasteiger partial charge on any atom is 0.500 e. The number of nitrogens with zero attached hydrogens (tertiary/aromatic N) is 2. The van der Waals surface area contributed by atoms with Crippen molar-refractivity contribution < 1.29 is 18.8 Å². The molecule has 1 fully saturated rings. The average molecular weight is 266 g/mol. The Morgan fingerprint density at radius 1 is 1.00 bits per heavy atom. The smallest absolute Gasteiger partial charge is 0.480 e. The molecule has 6 nitrogen and oxygen atoms in total. The van der Waals surface area contributed by atoms with Gasteiger partial charge in [-0.2, -0.15) is 0 Å². The third kappa shape index (κ3) is 2.40. The molecule has 0 aliphatic carbocycles. The number of hydrogen-bond acceptors (Lipinski definition) is 6. The fourth-order valence-corrected chi connectivity index (χ4v) is 1.77. The van der Waals surface area contributed by atoms with E-state index in [0.717, 1.165) is 0 Å². The van der Waals surface area contributed by atoms with Crippen LogP contribution < -0.4 is 14.9 Å². The summed E-state index contributed by atoms with van der Waals surface area (Å²) >= 11 is 0. The van der Waals surface area contributed by atoms with Crippen LogP contribution in [0.25, 0.3) is 0 Å². The van der Waals surface area contributed by atoms with E-state index < -0.39 is 18.3 Å². The minimum Gasteiger partial charge on any atom is -0.480 e. The zero-order valence-corrected chi connectivity index (χ0v) is 12.2. The second-order valence-corrected chi connectivity index (χ2v) is 5.44. The normalized spacial score (nSPS) is 20.4. The number of rotatable bonds is 3. The van der Waals surface area contributed by atoms with Gasteiger partial charge in [0.25, 0.3) is 0 Å². The first-order valence-electron chi connectivity index (χ1n) is 6.12. The molecule has 0 bridgehead atoms. The van der Waals surface area contributed by atoms with Gasteiger partial charge in [-0.3, -0.25) is 0 Å². The third-order valence-corrected chi connectivity index (χ3v) is 3.67. The lowest BCUT2D eigenvalue weighted by Crippen LogP contribution is -2.41. The van der Waals surface area contributed by atoms with Crippen LogP contribution in [0.4, 0.5) is 0 Å². The summed E-state index contributed by atoms with van der Waals surface area (Å²) in [6.45, 7) is 7.97. The molecule has 0 aromatic carbocycles. The fourth-order valence-electron chi connectivity index (χ4n) is 1.77. The second kappa shape index (κ2) is 4.65. The molecule has 19 heavy (non-hydrogen) atoms. The Hall–Kier alpha value is -1.34. The molecule has 1 aliphatic heterocycles. The summed E-state index contributed by atoms with van der Waals surface area (Å²) < 4.78 is 22.2. The molecule has 2 heterocycles. The molecule has 0 spiro atoms. The van der Waals surface area contributed by atoms with Crippen molar-refractivity contribution in [3.63, 3.8) is 0 Å². The van der Waals surface area contributed by atoms with Gasteiger partial charge >= 0.3 is 7.12 Å². The predicted molar refractivity (Wildman–Crippen MR) is 70.9 cm³/mol. The molecule has 0 unspecified atom stereocenters. The molecule has 0 amide bonds. The summed E-state index contributed by atoms with van der Waals surface area (Å²) in [7, 11) is 2.51. The minimum absolute atomic E-state index is 0.374. The Morgan fingerprint density at radius 3 is 2.05 bits per heavy atom. The number of aromatic nitrogens is 2. The molecular weight excluding hydrogens is 247 g/mol. The molecule has 1 aliphatic rings. The van der Waals surface area contributed by atoms with Crippen molar-refractivity contribution in [2.24, 2.45) is 0 Å². The van der Waals surface area contributed by atoms with Crippen LogP contribution in [-0.2, 0) is 9.31 Å². The molecule has 0 radical (unpaired) electrons. The van der Waals surface area contributed by atoms with Gasteiger partial charge in [-0.25, -0.2) is 0 Å². The van der Waals surface area contributed by atoms with E-state index in [0.29, 0.717) is 17.2 Å². The van der Waals surface area contributed by atoms with Crippen LogP contribution in [0, 0.1) is 0 Å². The molecular formula is C12H19BN2O4. The highest BCUT2D eigenvalue weighted by atomic mass is 16.7. The van der Waals surface area contributed by atoms with Crippen molar-refractivity contribution in [1.29, 1.82) is 0 Å². The van der Waals surface area contributed by atoms with E-state index in [4.69, 9.17) is 18.8 Å². The molecule has 0 N–H and O–H groups in total. The van der Waals surface area contributed by atoms with Gasteiger partial charge in [-0.1, -0.05) is 0 Å². The van der Waals surface area contributed by atoms with Crippen LogP contribution in [-0.4, -0.2) is 42.7 Å². The molecule has 1 saturated heterocycles. The molecule has 1 aromatic rings. The Kier molecular flexibility index (Phi) is 3.44. The fraction of sp³-hybridized carbons (Fsp3) is 0.667. The van der Waals surface area contributed by atoms with Gasteiger partial charge in [0.1, 0.15) is 0 Å². The lowest BCUT2D eigenvalue weighted by atomic mass is 9.80. The predicted octanol–water partition coefficient (Wildman–Crippen LogP) is 0.793. The lowest BCUT2D eigenvalue weighted by Gasteiger charge is -2.32. The summed E-state index contributed by atoms with van der Waals surface area (Å²) in [4.78, 5) is 0. The van der Waals surface area contributed by atoms with Crippen LogP contribution >= 0.6 is 0 Å². The number of methoxy groups -OCH3 is 2. The quantitative estimate of drug-likeness (QED) is 0.754. The Balaban J connectivity index is 2.38. The first kappa shape index (κ1) is 14.1. The molecule has 7 heteroatoms. The minimum atomic E-state index is -0.552. The van der Waals surface area contributed by atoms with Crippen LogP contribution in [0.3, 0.4) is 0 Å². The van der Waals surface area contributed by atoms with E-state index in [2.05, 4.69) is 10.2 Å². The SMILES string of the molecule is COc1cc(B2OC(C)(C)C(C)(C)O2)c(OC)nn1. The number of ether oxygens (including phenoxy) is 2. The van der Waals surface area contributed by atoms with Crippen molar-refractivity contribution in [2.45, 2.75) is 38.9 Å². The van der Waals surface area contributed by atoms with Crippen molar-refractivity contribution in [1.82, 2.24) is 10.2 Å². The Bertz CT molecular complexity index is 463. The largest absolute Gasteiger partial charge is 0.500 e. The zero-order chi connectivity index (χ0) is 14.3. The summed E-state index contributed by atoms with van der Waals surface area (Å²) in [6.07, 6.45) is 0. The van der Waals surface area contributed by atoms with E-state index in [1.807, 2.05) is 27.7 Å². The molecule has 104 valence electrons. The van der Waals surface area contributed by atoms with Gasteiger partial charge in [-0.15, -0.1) is 10.2 Å². The maximum atomic E-state index is 5.97. The van der Waals surface area contributed by atoms with E-state index in [1.165, 1.54) is 14.2 Å². The van der Waals surface area contributed by atoms with E-state index in [-0.39, 0.29) is 0 Å². The first-order chi connectivity index (χ1) is 8.80. The summed E-state index contributed by atoms with van der Waals surface area (Å²) in [6, 6.07) is 1.72. The second-order valence-electron chi connectivity index (χ2n) is 5.44. The summed E-state index contributed by atoms with van der Waals surface area (Å²) in [5.74, 6) is 0.768. The van der Waals surface area contributed by atoms with Gasteiger partial charge in [0.2, 0.25) is 11.8 Å². The number of hydrogen-bond donors (Lipinski definition) is 0. The summed E-state index contributed by atoms with van der Waals surface area (Å²) in [5.41, 5.74) is -0.161. The summed E-state index contributed by atoms with van der Waals surface area (Å²) in [5, 5.41) is 7.82. The molecule has 2 rings (SSSR count). The first-order valence-corrected chi connectivity index (χ1v) is 6.12. The van der Waals surface area contributed by atoms with Crippen LogP contribution in [0.5, 0.6) is 11.8 Å². The highest BCUT2D eigenvalue weighted by Crippen LogP contribution is 2.37. The molecule has 0 atom stereocenters. The maximum absolute atomic E-state index is 5.97. The van der Waals surface area contributed by atoms with Crippen molar-refractivity contribution >= 4 is 12.6 Å². The zero-order valence-electron chi connectivity index (χ0n) is 12.2. The average Bonchev–Trinajstić information content (AvgIpc) is 2.57. The van der Waals surface area contributed by atoms with E-state index in [9.17, 15) is 0 Å². The van der Waals surface area contributed by atoms with Gasteiger partial charge in [0.05, 0.1) is 30.9 Å². The van der Waals surface area contributed by atoms with Crippen molar-refractivity contribution in [2.75, 3.05) is 14.2 Å². The van der Waals surface area contributed by atoms with E-state index in [1.54, 1.807) is 6.07 Å². The van der Waals surface area contributed by atoms with Crippen LogP contribution in [0.15, 0.2) is 6.07 Å². The Morgan fingerprint density at radius 2 is 1.58 bits per heavy atom. The van der Waals surface area contributed by atoms with Gasteiger partial charge < -0.3 is 18.8 Å². The van der Waals surface area contributed by atoms with E-state index >= 15 is 0 Å². The highest BCUT2D eigenvalue weighted by molar-refractivity contribution is 6.63.